The summed E-state index contributed by atoms with van der Waals surface area (Å²) < 4.78 is 4.93. The van der Waals surface area contributed by atoms with E-state index in [4.69, 9.17) is 4.74 Å². The molecule has 0 saturated heterocycles. The van der Waals surface area contributed by atoms with Crippen molar-refractivity contribution in [1.29, 1.82) is 0 Å². The average molecular weight is 238 g/mol. The molecule has 0 aliphatic heterocycles. The van der Waals surface area contributed by atoms with E-state index in [1.54, 1.807) is 0 Å². The summed E-state index contributed by atoms with van der Waals surface area (Å²) in [6.07, 6.45) is 9.95. The summed E-state index contributed by atoms with van der Waals surface area (Å²) in [5, 5.41) is 0. The van der Waals surface area contributed by atoms with Gasteiger partial charge in [0.1, 0.15) is 0 Å². The van der Waals surface area contributed by atoms with Gasteiger partial charge in [-0.2, -0.15) is 0 Å². The molecule has 2 saturated carbocycles. The Hall–Kier alpha value is -0.530. The highest BCUT2D eigenvalue weighted by Gasteiger charge is 2.52. The predicted octanol–water partition coefficient (Wildman–Crippen LogP) is 3.94. The number of carbonyl (C=O) groups excluding carboxylic acids is 1. The smallest absolute Gasteiger partial charge is 0.305 e. The molecule has 0 spiro atoms. The zero-order chi connectivity index (χ0) is 12.3. The molecule has 2 rings (SSSR count). The first-order valence-electron chi connectivity index (χ1n) is 7.29. The molecule has 0 bridgehead atoms. The van der Waals surface area contributed by atoms with Gasteiger partial charge in [-0.15, -0.1) is 0 Å². The van der Waals surface area contributed by atoms with Crippen molar-refractivity contribution >= 4 is 5.97 Å². The molecule has 2 aliphatic rings. The minimum absolute atomic E-state index is 0.0223. The lowest BCUT2D eigenvalue weighted by molar-refractivity contribution is -0.143. The number of esters is 1. The number of fused-ring (bicyclic) bond motifs is 1. The van der Waals surface area contributed by atoms with E-state index in [9.17, 15) is 4.79 Å². The lowest BCUT2D eigenvalue weighted by atomic mass is 9.80. The van der Waals surface area contributed by atoms with Gasteiger partial charge in [0, 0.05) is 6.42 Å². The van der Waals surface area contributed by atoms with Crippen molar-refractivity contribution in [3.05, 3.63) is 0 Å². The molecule has 2 aliphatic carbocycles. The Balaban J connectivity index is 1.53. The van der Waals surface area contributed by atoms with E-state index in [2.05, 4.69) is 6.92 Å². The molecule has 2 nitrogen and oxygen atoms in total. The minimum Gasteiger partial charge on any atom is -0.466 e. The zero-order valence-corrected chi connectivity index (χ0v) is 11.3. The third kappa shape index (κ3) is 3.46. The van der Waals surface area contributed by atoms with Crippen LogP contribution in [0.15, 0.2) is 0 Å². The van der Waals surface area contributed by atoms with Crippen LogP contribution in [0.3, 0.4) is 0 Å². The predicted molar refractivity (Wildman–Crippen MR) is 68.7 cm³/mol. The van der Waals surface area contributed by atoms with Gasteiger partial charge in [-0.3, -0.25) is 4.79 Å². The van der Waals surface area contributed by atoms with E-state index in [0.29, 0.717) is 13.0 Å². The molecule has 3 unspecified atom stereocenters. The number of hydrogen-bond acceptors (Lipinski definition) is 2. The van der Waals surface area contributed by atoms with Crippen LogP contribution in [0.2, 0.25) is 0 Å². The average Bonchev–Trinajstić information content (AvgIpc) is 2.96. The third-order valence-electron chi connectivity index (χ3n) is 4.83. The Morgan fingerprint density at radius 3 is 2.94 bits per heavy atom. The topological polar surface area (TPSA) is 26.3 Å². The van der Waals surface area contributed by atoms with E-state index in [1.165, 1.54) is 38.5 Å². The fourth-order valence-electron chi connectivity index (χ4n) is 3.43. The SMILES string of the molecule is CCOC(=O)CCCCC1CCC2(C)CC2C1. The molecule has 0 N–H and O–H groups in total. The lowest BCUT2D eigenvalue weighted by Gasteiger charge is -2.25. The number of carbonyl (C=O) groups is 1. The van der Waals surface area contributed by atoms with Gasteiger partial charge in [0.2, 0.25) is 0 Å². The quantitative estimate of drug-likeness (QED) is 0.517. The Kier molecular flexibility index (Phi) is 4.11. The van der Waals surface area contributed by atoms with E-state index in [1.807, 2.05) is 6.92 Å². The van der Waals surface area contributed by atoms with Crippen molar-refractivity contribution in [3.8, 4) is 0 Å². The summed E-state index contributed by atoms with van der Waals surface area (Å²) in [5.74, 6) is 1.95. The molecule has 0 aromatic carbocycles. The van der Waals surface area contributed by atoms with Crippen LogP contribution in [-0.4, -0.2) is 12.6 Å². The fraction of sp³-hybridized carbons (Fsp3) is 0.933. The van der Waals surface area contributed by atoms with Crippen LogP contribution in [0, 0.1) is 17.3 Å². The maximum absolute atomic E-state index is 11.2. The van der Waals surface area contributed by atoms with Crippen LogP contribution in [0.4, 0.5) is 0 Å². The summed E-state index contributed by atoms with van der Waals surface area (Å²) in [4.78, 5) is 11.2. The lowest BCUT2D eigenvalue weighted by Crippen LogP contribution is -2.14. The van der Waals surface area contributed by atoms with Crippen LogP contribution >= 0.6 is 0 Å². The largest absolute Gasteiger partial charge is 0.466 e. The second-order valence-electron chi connectivity index (χ2n) is 6.25. The molecule has 0 aromatic heterocycles. The summed E-state index contributed by atoms with van der Waals surface area (Å²) >= 11 is 0. The highest BCUT2D eigenvalue weighted by Crippen LogP contribution is 2.62. The molecule has 98 valence electrons. The van der Waals surface area contributed by atoms with Gasteiger partial charge < -0.3 is 4.74 Å². The number of ether oxygens (including phenoxy) is 1. The van der Waals surface area contributed by atoms with Crippen LogP contribution < -0.4 is 0 Å². The van der Waals surface area contributed by atoms with E-state index in [-0.39, 0.29) is 5.97 Å². The second kappa shape index (κ2) is 5.41. The zero-order valence-electron chi connectivity index (χ0n) is 11.3. The highest BCUT2D eigenvalue weighted by molar-refractivity contribution is 5.69. The van der Waals surface area contributed by atoms with Crippen LogP contribution in [-0.2, 0) is 9.53 Å². The number of rotatable bonds is 6. The van der Waals surface area contributed by atoms with Crippen LogP contribution in [0.25, 0.3) is 0 Å². The number of unbranched alkanes of at least 4 members (excludes halogenated alkanes) is 1. The van der Waals surface area contributed by atoms with Crippen molar-refractivity contribution in [2.75, 3.05) is 6.61 Å². The van der Waals surface area contributed by atoms with Crippen molar-refractivity contribution in [2.24, 2.45) is 17.3 Å². The van der Waals surface area contributed by atoms with E-state index in [0.717, 1.165) is 23.7 Å². The van der Waals surface area contributed by atoms with Crippen LogP contribution in [0.1, 0.15) is 65.2 Å². The van der Waals surface area contributed by atoms with Gasteiger partial charge in [0.05, 0.1) is 6.61 Å². The molecule has 0 heterocycles. The maximum Gasteiger partial charge on any atom is 0.305 e. The highest BCUT2D eigenvalue weighted by atomic mass is 16.5. The molecule has 2 fully saturated rings. The van der Waals surface area contributed by atoms with Crippen molar-refractivity contribution in [2.45, 2.75) is 65.2 Å². The van der Waals surface area contributed by atoms with E-state index < -0.39 is 0 Å². The van der Waals surface area contributed by atoms with Gasteiger partial charge in [-0.05, 0) is 56.3 Å². The molecule has 2 heteroatoms. The summed E-state index contributed by atoms with van der Waals surface area (Å²) in [5.41, 5.74) is 0.738. The summed E-state index contributed by atoms with van der Waals surface area (Å²) in [7, 11) is 0. The Bertz CT molecular complexity index is 274. The van der Waals surface area contributed by atoms with Crippen molar-refractivity contribution < 1.29 is 9.53 Å². The Labute approximate surface area is 105 Å². The van der Waals surface area contributed by atoms with Gasteiger partial charge in [-0.25, -0.2) is 0 Å². The first-order valence-corrected chi connectivity index (χ1v) is 7.29. The molecule has 0 amide bonds. The summed E-state index contributed by atoms with van der Waals surface area (Å²) in [6, 6.07) is 0. The minimum atomic E-state index is -0.0223. The first-order chi connectivity index (χ1) is 8.14. The van der Waals surface area contributed by atoms with E-state index >= 15 is 0 Å². The van der Waals surface area contributed by atoms with Crippen molar-refractivity contribution in [1.82, 2.24) is 0 Å². The van der Waals surface area contributed by atoms with Crippen LogP contribution in [0.5, 0.6) is 0 Å². The monoisotopic (exact) mass is 238 g/mol. The Morgan fingerprint density at radius 1 is 1.41 bits per heavy atom. The Morgan fingerprint density at radius 2 is 2.24 bits per heavy atom. The molecule has 0 aromatic rings. The maximum atomic E-state index is 11.2. The first kappa shape index (κ1) is 12.9. The van der Waals surface area contributed by atoms with Gasteiger partial charge in [0.25, 0.3) is 0 Å². The second-order valence-corrected chi connectivity index (χ2v) is 6.25. The van der Waals surface area contributed by atoms with Gasteiger partial charge in [-0.1, -0.05) is 19.8 Å². The normalized spacial score (nSPS) is 35.2. The molecule has 3 atom stereocenters. The fourth-order valence-corrected chi connectivity index (χ4v) is 3.43. The number of hydrogen-bond donors (Lipinski definition) is 0. The third-order valence-corrected chi connectivity index (χ3v) is 4.83. The molecule has 17 heavy (non-hydrogen) atoms. The molecular weight excluding hydrogens is 212 g/mol. The standard InChI is InChI=1S/C15H26O2/c1-3-17-14(16)7-5-4-6-12-8-9-15(2)11-13(15)10-12/h12-13H,3-11H2,1-2H3. The molecule has 0 radical (unpaired) electrons. The van der Waals surface area contributed by atoms with Crippen molar-refractivity contribution in [3.63, 3.8) is 0 Å². The molecular formula is C15H26O2. The van der Waals surface area contributed by atoms with Gasteiger partial charge in [0.15, 0.2) is 0 Å². The summed E-state index contributed by atoms with van der Waals surface area (Å²) in [6.45, 7) is 4.84. The van der Waals surface area contributed by atoms with Gasteiger partial charge >= 0.3 is 5.97 Å².